The Hall–Kier alpha value is -3.39. The molecular weight excluding hydrogens is 388 g/mol. The zero-order valence-corrected chi connectivity index (χ0v) is 16.7. The van der Waals surface area contributed by atoms with Crippen LogP contribution in [-0.2, 0) is 11.3 Å². The van der Waals surface area contributed by atoms with E-state index in [2.05, 4.69) is 15.1 Å². The van der Waals surface area contributed by atoms with Crippen LogP contribution in [0.3, 0.4) is 0 Å². The minimum Gasteiger partial charge on any atom is -0.461 e. The van der Waals surface area contributed by atoms with E-state index < -0.39 is 5.97 Å². The van der Waals surface area contributed by atoms with Crippen LogP contribution >= 0.6 is 11.8 Å². The van der Waals surface area contributed by atoms with Crippen LogP contribution in [0.2, 0.25) is 0 Å². The number of aromatic nitrogens is 4. The molecule has 0 saturated heterocycles. The van der Waals surface area contributed by atoms with E-state index in [-0.39, 0.29) is 6.61 Å². The number of carbonyl (C=O) groups is 1. The van der Waals surface area contributed by atoms with Gasteiger partial charge >= 0.3 is 5.97 Å². The Balaban J connectivity index is 1.49. The fourth-order valence-corrected chi connectivity index (χ4v) is 3.45. The second kappa shape index (κ2) is 8.32. The SMILES string of the molecule is CSc1nc(-c2ccco2)nc(C)c1C(=O)OCc1ccc(-n2cccn2)cc1. The molecule has 1 aromatic carbocycles. The number of nitrogens with zero attached hydrogens (tertiary/aromatic N) is 4. The Labute approximate surface area is 171 Å². The minimum absolute atomic E-state index is 0.158. The largest absolute Gasteiger partial charge is 0.461 e. The molecule has 0 bridgehead atoms. The molecular formula is C21H18N4O3S. The number of furan rings is 1. The summed E-state index contributed by atoms with van der Waals surface area (Å²) in [5.41, 5.74) is 2.74. The average molecular weight is 406 g/mol. The normalized spacial score (nSPS) is 10.8. The second-order valence-electron chi connectivity index (χ2n) is 6.19. The third kappa shape index (κ3) is 4.07. The van der Waals surface area contributed by atoms with Crippen LogP contribution in [-0.4, -0.2) is 32.0 Å². The number of carbonyl (C=O) groups excluding carboxylic acids is 1. The Kier molecular flexibility index (Phi) is 5.44. The lowest BCUT2D eigenvalue weighted by molar-refractivity contribution is 0.0466. The van der Waals surface area contributed by atoms with Gasteiger partial charge in [-0.3, -0.25) is 0 Å². The molecule has 0 aliphatic carbocycles. The molecule has 0 aliphatic heterocycles. The molecule has 0 atom stereocenters. The molecule has 3 heterocycles. The van der Waals surface area contributed by atoms with Crippen LogP contribution in [0.5, 0.6) is 0 Å². The highest BCUT2D eigenvalue weighted by atomic mass is 32.2. The van der Waals surface area contributed by atoms with Gasteiger partial charge in [-0.2, -0.15) is 5.10 Å². The molecule has 0 fully saturated rings. The maximum Gasteiger partial charge on any atom is 0.343 e. The summed E-state index contributed by atoms with van der Waals surface area (Å²) in [6.07, 6.45) is 7.01. The number of hydrogen-bond donors (Lipinski definition) is 0. The molecule has 0 amide bonds. The lowest BCUT2D eigenvalue weighted by Gasteiger charge is -2.11. The van der Waals surface area contributed by atoms with Crippen molar-refractivity contribution in [1.29, 1.82) is 0 Å². The lowest BCUT2D eigenvalue weighted by atomic mass is 10.2. The number of hydrogen-bond acceptors (Lipinski definition) is 7. The van der Waals surface area contributed by atoms with E-state index in [1.54, 1.807) is 36.2 Å². The van der Waals surface area contributed by atoms with Crippen molar-refractivity contribution in [3.63, 3.8) is 0 Å². The van der Waals surface area contributed by atoms with Gasteiger partial charge in [-0.25, -0.2) is 19.4 Å². The van der Waals surface area contributed by atoms with Crippen molar-refractivity contribution in [2.24, 2.45) is 0 Å². The van der Waals surface area contributed by atoms with E-state index in [9.17, 15) is 4.79 Å². The first kappa shape index (κ1) is 18.9. The fraction of sp³-hybridized carbons (Fsp3) is 0.143. The van der Waals surface area contributed by atoms with Crippen molar-refractivity contribution >= 4 is 17.7 Å². The zero-order valence-electron chi connectivity index (χ0n) is 15.9. The fourth-order valence-electron chi connectivity index (χ4n) is 2.83. The van der Waals surface area contributed by atoms with Crippen molar-refractivity contribution < 1.29 is 13.9 Å². The van der Waals surface area contributed by atoms with Crippen molar-refractivity contribution in [2.75, 3.05) is 6.26 Å². The highest BCUT2D eigenvalue weighted by Crippen LogP contribution is 2.26. The van der Waals surface area contributed by atoms with E-state index in [1.165, 1.54) is 11.8 Å². The van der Waals surface area contributed by atoms with E-state index in [0.717, 1.165) is 11.3 Å². The quantitative estimate of drug-likeness (QED) is 0.268. The molecule has 0 spiro atoms. The van der Waals surface area contributed by atoms with Crippen molar-refractivity contribution in [3.8, 4) is 17.3 Å². The van der Waals surface area contributed by atoms with Crippen LogP contribution in [0.4, 0.5) is 0 Å². The van der Waals surface area contributed by atoms with E-state index in [4.69, 9.17) is 9.15 Å². The molecule has 146 valence electrons. The summed E-state index contributed by atoms with van der Waals surface area (Å²) in [5, 5.41) is 4.75. The first-order valence-corrected chi connectivity index (χ1v) is 10.1. The molecule has 0 unspecified atom stereocenters. The van der Waals surface area contributed by atoms with E-state index in [1.807, 2.05) is 42.8 Å². The molecule has 29 heavy (non-hydrogen) atoms. The Morgan fingerprint density at radius 2 is 2.00 bits per heavy atom. The van der Waals surface area contributed by atoms with Gasteiger partial charge in [0.15, 0.2) is 11.6 Å². The van der Waals surface area contributed by atoms with Crippen LogP contribution in [0.1, 0.15) is 21.6 Å². The number of rotatable bonds is 6. The van der Waals surface area contributed by atoms with Crippen molar-refractivity contribution in [3.05, 3.63) is 77.9 Å². The first-order valence-electron chi connectivity index (χ1n) is 8.88. The van der Waals surface area contributed by atoms with Gasteiger partial charge in [-0.1, -0.05) is 12.1 Å². The Morgan fingerprint density at radius 3 is 2.66 bits per heavy atom. The van der Waals surface area contributed by atoms with Crippen LogP contribution < -0.4 is 0 Å². The van der Waals surface area contributed by atoms with Crippen molar-refractivity contribution in [1.82, 2.24) is 19.7 Å². The highest BCUT2D eigenvalue weighted by molar-refractivity contribution is 7.98. The summed E-state index contributed by atoms with van der Waals surface area (Å²) in [4.78, 5) is 21.6. The number of esters is 1. The first-order chi connectivity index (χ1) is 14.2. The predicted octanol–water partition coefficient (Wildman–Crippen LogP) is 4.31. The zero-order chi connectivity index (χ0) is 20.2. The summed E-state index contributed by atoms with van der Waals surface area (Å²) >= 11 is 1.37. The van der Waals surface area contributed by atoms with Gasteiger partial charge in [0, 0.05) is 12.4 Å². The molecule has 0 N–H and O–H groups in total. The van der Waals surface area contributed by atoms with Gasteiger partial charge in [-0.05, 0) is 49.1 Å². The smallest absolute Gasteiger partial charge is 0.343 e. The molecule has 7 nitrogen and oxygen atoms in total. The summed E-state index contributed by atoms with van der Waals surface area (Å²) in [6, 6.07) is 13.1. The third-order valence-corrected chi connectivity index (χ3v) is 4.95. The van der Waals surface area contributed by atoms with E-state index in [0.29, 0.717) is 27.9 Å². The molecule has 4 rings (SSSR count). The second-order valence-corrected chi connectivity index (χ2v) is 6.98. The molecule has 0 aliphatic rings. The van der Waals surface area contributed by atoms with Crippen LogP contribution in [0.25, 0.3) is 17.3 Å². The van der Waals surface area contributed by atoms with Crippen molar-refractivity contribution in [2.45, 2.75) is 18.6 Å². The van der Waals surface area contributed by atoms with E-state index >= 15 is 0 Å². The summed E-state index contributed by atoms with van der Waals surface area (Å²) in [7, 11) is 0. The molecule has 3 aromatic heterocycles. The Morgan fingerprint density at radius 1 is 1.17 bits per heavy atom. The van der Waals surface area contributed by atoms with Crippen LogP contribution in [0.15, 0.2) is 70.6 Å². The average Bonchev–Trinajstić information content (AvgIpc) is 3.46. The standard InChI is InChI=1S/C21H18N4O3S/c1-14-18(20(29-2)24-19(23-14)17-5-3-12-27-17)21(26)28-13-15-6-8-16(9-7-15)25-11-4-10-22-25/h3-12H,13H2,1-2H3. The van der Waals surface area contributed by atoms with Gasteiger partial charge in [0.2, 0.25) is 0 Å². The third-order valence-electron chi connectivity index (χ3n) is 4.27. The monoisotopic (exact) mass is 406 g/mol. The minimum atomic E-state index is -0.450. The number of ether oxygens (including phenoxy) is 1. The van der Waals surface area contributed by atoms with Gasteiger partial charge in [-0.15, -0.1) is 11.8 Å². The molecule has 8 heteroatoms. The van der Waals surface area contributed by atoms with Gasteiger partial charge in [0.1, 0.15) is 17.2 Å². The predicted molar refractivity (Wildman–Crippen MR) is 109 cm³/mol. The van der Waals surface area contributed by atoms with Gasteiger partial charge in [0.05, 0.1) is 17.6 Å². The Bertz CT molecular complexity index is 1110. The molecule has 4 aromatic rings. The lowest BCUT2D eigenvalue weighted by Crippen LogP contribution is -2.12. The summed E-state index contributed by atoms with van der Waals surface area (Å²) in [6.45, 7) is 1.93. The maximum atomic E-state index is 12.7. The number of benzene rings is 1. The summed E-state index contributed by atoms with van der Waals surface area (Å²) < 4.78 is 12.6. The highest BCUT2D eigenvalue weighted by Gasteiger charge is 2.21. The van der Waals surface area contributed by atoms with Gasteiger partial charge < -0.3 is 9.15 Å². The topological polar surface area (TPSA) is 83.0 Å². The summed E-state index contributed by atoms with van der Waals surface area (Å²) in [5.74, 6) is 0.553. The maximum absolute atomic E-state index is 12.7. The number of thioether (sulfide) groups is 1. The number of aryl methyl sites for hydroxylation is 1. The van der Waals surface area contributed by atoms with Crippen LogP contribution in [0, 0.1) is 6.92 Å². The van der Waals surface area contributed by atoms with Gasteiger partial charge in [0.25, 0.3) is 0 Å². The molecule has 0 radical (unpaired) electrons. The molecule has 0 saturated carbocycles.